The number of nitrogens with zero attached hydrogens (tertiary/aromatic N) is 3. The van der Waals surface area contributed by atoms with E-state index in [0.717, 1.165) is 22.2 Å². The molecule has 170 valence electrons. The molecule has 34 heavy (non-hydrogen) atoms. The Morgan fingerprint density at radius 2 is 1.82 bits per heavy atom. The zero-order valence-corrected chi connectivity index (χ0v) is 20.0. The zero-order valence-electron chi connectivity index (χ0n) is 17.7. The van der Waals surface area contributed by atoms with Gasteiger partial charge in [-0.1, -0.05) is 59.6 Å². The molecule has 0 amide bonds. The first-order valence-corrected chi connectivity index (χ1v) is 12.0. The maximum Gasteiger partial charge on any atom is 0.294 e. The largest absolute Gasteiger partial charge is 0.454 e. The standard InChI is InChI=1S/C25H17Cl2N3O3S/c26-18-10-9-16(19(27)14-18)11-12-29-22(24-13-17-5-1-4-8-23(17)33-24)15-34-25(29)28-20-6-2-3-7-21(20)30(31)32/h1-10,13-15H,11-12H2. The van der Waals surface area contributed by atoms with Crippen molar-refractivity contribution >= 4 is 56.9 Å². The molecule has 0 unspecified atom stereocenters. The maximum atomic E-state index is 11.5. The number of hydrogen-bond donors (Lipinski definition) is 0. The van der Waals surface area contributed by atoms with Crippen molar-refractivity contribution in [3.63, 3.8) is 0 Å². The Labute approximate surface area is 208 Å². The molecule has 9 heteroatoms. The van der Waals surface area contributed by atoms with Crippen LogP contribution in [0.2, 0.25) is 10.0 Å². The Hall–Kier alpha value is -3.39. The summed E-state index contributed by atoms with van der Waals surface area (Å²) >= 11 is 13.8. The second-order valence-corrected chi connectivity index (χ2v) is 9.23. The summed E-state index contributed by atoms with van der Waals surface area (Å²) in [5.74, 6) is 0.698. The molecule has 0 saturated heterocycles. The van der Waals surface area contributed by atoms with E-state index in [4.69, 9.17) is 27.6 Å². The van der Waals surface area contributed by atoms with Crippen LogP contribution in [0.3, 0.4) is 0 Å². The molecule has 2 heterocycles. The molecule has 0 aliphatic heterocycles. The average molecular weight is 510 g/mol. The molecule has 0 N–H and O–H groups in total. The Bertz CT molecular complexity index is 1550. The van der Waals surface area contributed by atoms with Crippen LogP contribution in [0, 0.1) is 10.1 Å². The lowest BCUT2D eigenvalue weighted by atomic mass is 10.1. The highest BCUT2D eigenvalue weighted by atomic mass is 35.5. The van der Waals surface area contributed by atoms with Crippen molar-refractivity contribution in [3.05, 3.63) is 109 Å². The monoisotopic (exact) mass is 509 g/mol. The van der Waals surface area contributed by atoms with Gasteiger partial charge in [0.15, 0.2) is 10.6 Å². The smallest absolute Gasteiger partial charge is 0.294 e. The lowest BCUT2D eigenvalue weighted by Crippen LogP contribution is -2.17. The quantitative estimate of drug-likeness (QED) is 0.174. The van der Waals surface area contributed by atoms with Gasteiger partial charge in [-0.15, -0.1) is 11.3 Å². The minimum Gasteiger partial charge on any atom is -0.454 e. The summed E-state index contributed by atoms with van der Waals surface area (Å²) in [4.78, 5) is 16.3. The lowest BCUT2D eigenvalue weighted by Gasteiger charge is -2.09. The minimum atomic E-state index is -0.426. The summed E-state index contributed by atoms with van der Waals surface area (Å²) < 4.78 is 8.11. The van der Waals surface area contributed by atoms with Crippen LogP contribution >= 0.6 is 34.5 Å². The molecule has 5 rings (SSSR count). The number of hydrogen-bond acceptors (Lipinski definition) is 5. The maximum absolute atomic E-state index is 11.5. The number of nitro benzene ring substituents is 1. The molecule has 0 spiro atoms. The molecule has 0 bridgehead atoms. The highest BCUT2D eigenvalue weighted by Gasteiger charge is 2.16. The molecule has 5 aromatic rings. The van der Waals surface area contributed by atoms with E-state index in [2.05, 4.69) is 4.99 Å². The predicted octanol–water partition coefficient (Wildman–Crippen LogP) is 7.65. The van der Waals surface area contributed by atoms with E-state index in [-0.39, 0.29) is 5.69 Å². The van der Waals surface area contributed by atoms with Gasteiger partial charge >= 0.3 is 0 Å². The summed E-state index contributed by atoms with van der Waals surface area (Å²) in [6.07, 6.45) is 0.615. The third-order valence-corrected chi connectivity index (χ3v) is 6.84. The number of furan rings is 1. The molecule has 6 nitrogen and oxygen atoms in total. The first-order chi connectivity index (χ1) is 16.5. The summed E-state index contributed by atoms with van der Waals surface area (Å²) in [5.41, 5.74) is 2.81. The molecule has 2 aromatic heterocycles. The van der Waals surface area contributed by atoms with Crippen molar-refractivity contribution in [3.8, 4) is 11.5 Å². The first-order valence-electron chi connectivity index (χ1n) is 10.4. The van der Waals surface area contributed by atoms with Gasteiger partial charge in [0.2, 0.25) is 0 Å². The fourth-order valence-corrected chi connectivity index (χ4v) is 5.14. The van der Waals surface area contributed by atoms with Crippen molar-refractivity contribution in [2.45, 2.75) is 13.0 Å². The second kappa shape index (κ2) is 9.46. The first kappa shape index (κ1) is 22.4. The molecular weight excluding hydrogens is 493 g/mol. The van der Waals surface area contributed by atoms with Gasteiger partial charge in [-0.2, -0.15) is 0 Å². The third kappa shape index (κ3) is 4.50. The van der Waals surface area contributed by atoms with Crippen LogP contribution in [0.25, 0.3) is 22.4 Å². The average Bonchev–Trinajstić information content (AvgIpc) is 3.42. The number of halogens is 2. The summed E-state index contributed by atoms with van der Waals surface area (Å²) in [7, 11) is 0. The predicted molar refractivity (Wildman–Crippen MR) is 136 cm³/mol. The number of para-hydroxylation sites is 3. The van der Waals surface area contributed by atoms with Gasteiger partial charge in [-0.25, -0.2) is 4.99 Å². The van der Waals surface area contributed by atoms with Crippen LogP contribution in [-0.4, -0.2) is 9.49 Å². The molecule has 3 aromatic carbocycles. The van der Waals surface area contributed by atoms with Gasteiger partial charge in [0.25, 0.3) is 5.69 Å². The number of nitro groups is 1. The Morgan fingerprint density at radius 1 is 1.03 bits per heavy atom. The Morgan fingerprint density at radius 3 is 2.62 bits per heavy atom. The van der Waals surface area contributed by atoms with E-state index in [0.29, 0.717) is 39.3 Å². The van der Waals surface area contributed by atoms with Crippen LogP contribution in [-0.2, 0) is 13.0 Å². The third-order valence-electron chi connectivity index (χ3n) is 5.39. The highest BCUT2D eigenvalue weighted by Crippen LogP contribution is 2.30. The van der Waals surface area contributed by atoms with E-state index in [1.165, 1.54) is 17.4 Å². The molecule has 0 aliphatic rings. The number of aromatic nitrogens is 1. The number of thiazole rings is 1. The van der Waals surface area contributed by atoms with Crippen LogP contribution < -0.4 is 4.80 Å². The van der Waals surface area contributed by atoms with Gasteiger partial charge in [0, 0.05) is 33.4 Å². The fourth-order valence-electron chi connectivity index (χ4n) is 3.71. The zero-order chi connectivity index (χ0) is 23.7. The van der Waals surface area contributed by atoms with E-state index in [9.17, 15) is 10.1 Å². The summed E-state index contributed by atoms with van der Waals surface area (Å²) in [6.45, 7) is 0.538. The lowest BCUT2D eigenvalue weighted by molar-refractivity contribution is -0.384. The summed E-state index contributed by atoms with van der Waals surface area (Å²) in [5, 5.41) is 15.6. The van der Waals surface area contributed by atoms with Crippen molar-refractivity contribution in [1.82, 2.24) is 4.57 Å². The van der Waals surface area contributed by atoms with Gasteiger partial charge < -0.3 is 8.98 Å². The minimum absolute atomic E-state index is 0.0477. The van der Waals surface area contributed by atoms with E-state index in [1.807, 2.05) is 46.3 Å². The van der Waals surface area contributed by atoms with Gasteiger partial charge in [0.05, 0.1) is 10.6 Å². The Kier molecular flexibility index (Phi) is 6.24. The number of benzene rings is 3. The van der Waals surface area contributed by atoms with E-state index < -0.39 is 4.92 Å². The van der Waals surface area contributed by atoms with Crippen LogP contribution in [0.15, 0.2) is 87.6 Å². The van der Waals surface area contributed by atoms with Crippen molar-refractivity contribution in [2.24, 2.45) is 4.99 Å². The van der Waals surface area contributed by atoms with Crippen molar-refractivity contribution < 1.29 is 9.34 Å². The SMILES string of the molecule is O=[N+]([O-])c1ccccc1N=c1scc(-c2cc3ccccc3o2)n1CCc1ccc(Cl)cc1Cl. The highest BCUT2D eigenvalue weighted by molar-refractivity contribution is 7.07. The summed E-state index contributed by atoms with van der Waals surface area (Å²) in [6, 6.07) is 21.6. The molecule has 0 saturated carbocycles. The van der Waals surface area contributed by atoms with Crippen LogP contribution in [0.5, 0.6) is 0 Å². The topological polar surface area (TPSA) is 73.6 Å². The van der Waals surface area contributed by atoms with Crippen LogP contribution in [0.1, 0.15) is 5.56 Å². The molecular formula is C25H17Cl2N3O3S. The normalized spacial score (nSPS) is 11.9. The molecule has 0 aliphatic carbocycles. The number of fused-ring (bicyclic) bond motifs is 1. The Balaban J connectivity index is 1.62. The molecule has 0 fully saturated rings. The van der Waals surface area contributed by atoms with Crippen molar-refractivity contribution in [2.75, 3.05) is 0 Å². The van der Waals surface area contributed by atoms with Crippen LogP contribution in [0.4, 0.5) is 11.4 Å². The molecule has 0 radical (unpaired) electrons. The fraction of sp³-hybridized carbons (Fsp3) is 0.0800. The van der Waals surface area contributed by atoms with Crippen molar-refractivity contribution in [1.29, 1.82) is 0 Å². The van der Waals surface area contributed by atoms with E-state index >= 15 is 0 Å². The van der Waals surface area contributed by atoms with E-state index in [1.54, 1.807) is 30.3 Å². The second-order valence-electron chi connectivity index (χ2n) is 7.55. The van der Waals surface area contributed by atoms with Gasteiger partial charge in [0.1, 0.15) is 11.3 Å². The number of rotatable bonds is 6. The van der Waals surface area contributed by atoms with Gasteiger partial charge in [-0.05, 0) is 42.3 Å². The molecule has 0 atom stereocenters. The van der Waals surface area contributed by atoms with Gasteiger partial charge in [-0.3, -0.25) is 10.1 Å². The number of aryl methyl sites for hydroxylation is 1.